The quantitative estimate of drug-likeness (QED) is 0.637. The lowest BCUT2D eigenvalue weighted by atomic mass is 9.94. The molecule has 2 atom stereocenters. The van der Waals surface area contributed by atoms with Crippen LogP contribution in [0, 0.1) is 17.6 Å². The van der Waals surface area contributed by atoms with Gasteiger partial charge in [-0.2, -0.15) is 0 Å². The van der Waals surface area contributed by atoms with Crippen LogP contribution in [0.15, 0.2) is 36.4 Å². The van der Waals surface area contributed by atoms with Crippen molar-refractivity contribution in [3.8, 4) is 11.1 Å². The lowest BCUT2D eigenvalue weighted by molar-refractivity contribution is -0.0123. The molecule has 2 aromatic rings. The molecule has 22 heavy (non-hydrogen) atoms. The van der Waals surface area contributed by atoms with Crippen molar-refractivity contribution in [3.05, 3.63) is 58.6 Å². The highest BCUT2D eigenvalue weighted by molar-refractivity contribution is 6.31. The van der Waals surface area contributed by atoms with Crippen molar-refractivity contribution in [2.45, 2.75) is 25.9 Å². The second-order valence-electron chi connectivity index (χ2n) is 5.88. The maximum atomic E-state index is 13.5. The van der Waals surface area contributed by atoms with Gasteiger partial charge < -0.3 is 4.74 Å². The molecule has 116 valence electrons. The van der Waals surface area contributed by atoms with Gasteiger partial charge in [-0.25, -0.2) is 8.78 Å². The van der Waals surface area contributed by atoms with Crippen molar-refractivity contribution >= 4 is 11.6 Å². The summed E-state index contributed by atoms with van der Waals surface area (Å²) < 4.78 is 32.9. The van der Waals surface area contributed by atoms with Crippen molar-refractivity contribution < 1.29 is 13.5 Å². The van der Waals surface area contributed by atoms with Crippen LogP contribution in [0.1, 0.15) is 31.4 Å². The molecule has 2 aromatic carbocycles. The minimum atomic E-state index is -0.745. The van der Waals surface area contributed by atoms with Crippen molar-refractivity contribution in [2.24, 2.45) is 5.92 Å². The molecule has 1 saturated heterocycles. The average Bonchev–Trinajstić information content (AvgIpc) is 2.53. The predicted octanol–water partition coefficient (Wildman–Crippen LogP) is 5.77. The molecule has 0 saturated carbocycles. The Kier molecular flexibility index (Phi) is 4.46. The van der Waals surface area contributed by atoms with E-state index in [1.165, 1.54) is 12.1 Å². The van der Waals surface area contributed by atoms with Gasteiger partial charge >= 0.3 is 0 Å². The van der Waals surface area contributed by atoms with E-state index < -0.39 is 16.7 Å². The Bertz CT molecular complexity index is 638. The second kappa shape index (κ2) is 6.35. The van der Waals surface area contributed by atoms with E-state index in [0.29, 0.717) is 11.5 Å². The fraction of sp³-hybridized carbons (Fsp3) is 0.333. The first-order chi connectivity index (χ1) is 10.5. The predicted molar refractivity (Wildman–Crippen MR) is 83.9 cm³/mol. The highest BCUT2D eigenvalue weighted by atomic mass is 35.5. The summed E-state index contributed by atoms with van der Waals surface area (Å²) in [4.78, 5) is 0. The van der Waals surface area contributed by atoms with Crippen LogP contribution in [0.4, 0.5) is 8.78 Å². The molecule has 3 rings (SSSR count). The van der Waals surface area contributed by atoms with Gasteiger partial charge in [0.25, 0.3) is 0 Å². The molecule has 0 spiro atoms. The molecule has 1 aliphatic rings. The van der Waals surface area contributed by atoms with Crippen LogP contribution >= 0.6 is 11.6 Å². The zero-order valence-corrected chi connectivity index (χ0v) is 13.0. The molecule has 0 bridgehead atoms. The summed E-state index contributed by atoms with van der Waals surface area (Å²) in [6.07, 6.45) is 2.27. The largest absolute Gasteiger partial charge is 0.373 e. The topological polar surface area (TPSA) is 9.23 Å². The maximum absolute atomic E-state index is 13.5. The highest BCUT2D eigenvalue weighted by Crippen LogP contribution is 2.32. The Morgan fingerprint density at radius 3 is 2.18 bits per heavy atom. The SMILES string of the molecule is CC1CCC(c2ccc(-c3cc(F)c(Cl)c(F)c3)cc2)OC1. The third kappa shape index (κ3) is 3.16. The normalized spacial score (nSPS) is 21.8. The minimum Gasteiger partial charge on any atom is -0.373 e. The first-order valence-corrected chi connectivity index (χ1v) is 7.79. The monoisotopic (exact) mass is 322 g/mol. The number of rotatable bonds is 2. The first kappa shape index (κ1) is 15.4. The lowest BCUT2D eigenvalue weighted by Crippen LogP contribution is -2.18. The van der Waals surface area contributed by atoms with Crippen LogP contribution in [-0.4, -0.2) is 6.61 Å². The summed E-state index contributed by atoms with van der Waals surface area (Å²) in [5, 5.41) is -0.468. The fourth-order valence-electron chi connectivity index (χ4n) is 2.76. The molecule has 0 N–H and O–H groups in total. The molecule has 0 aliphatic carbocycles. The van der Waals surface area contributed by atoms with Crippen molar-refractivity contribution in [2.75, 3.05) is 6.61 Å². The highest BCUT2D eigenvalue weighted by Gasteiger charge is 2.20. The third-order valence-electron chi connectivity index (χ3n) is 4.10. The molecule has 0 amide bonds. The van der Waals surface area contributed by atoms with Gasteiger partial charge in [0.2, 0.25) is 0 Å². The van der Waals surface area contributed by atoms with Gasteiger partial charge in [0.05, 0.1) is 6.10 Å². The zero-order chi connectivity index (χ0) is 15.7. The molecule has 2 unspecified atom stereocenters. The molecular formula is C18H17ClF2O. The molecule has 0 aromatic heterocycles. The maximum Gasteiger partial charge on any atom is 0.145 e. The Morgan fingerprint density at radius 2 is 1.64 bits per heavy atom. The summed E-state index contributed by atoms with van der Waals surface area (Å²) in [6.45, 7) is 2.96. The van der Waals surface area contributed by atoms with E-state index in [0.717, 1.165) is 30.6 Å². The van der Waals surface area contributed by atoms with Crippen LogP contribution in [0.25, 0.3) is 11.1 Å². The van der Waals surface area contributed by atoms with Crippen LogP contribution < -0.4 is 0 Å². The van der Waals surface area contributed by atoms with Gasteiger partial charge in [-0.05, 0) is 47.6 Å². The van der Waals surface area contributed by atoms with Gasteiger partial charge in [0.15, 0.2) is 0 Å². The summed E-state index contributed by atoms with van der Waals surface area (Å²) in [7, 11) is 0. The Hall–Kier alpha value is -1.45. The lowest BCUT2D eigenvalue weighted by Gasteiger charge is -2.27. The van der Waals surface area contributed by atoms with Gasteiger partial charge in [-0.1, -0.05) is 42.8 Å². The third-order valence-corrected chi connectivity index (χ3v) is 4.46. The van der Waals surface area contributed by atoms with Crippen LogP contribution in [0.3, 0.4) is 0 Å². The van der Waals surface area contributed by atoms with E-state index in [1.807, 2.05) is 24.3 Å². The summed E-state index contributed by atoms with van der Waals surface area (Å²) in [5.74, 6) is -0.883. The molecule has 1 nitrogen and oxygen atoms in total. The van der Waals surface area contributed by atoms with Gasteiger partial charge in [-0.15, -0.1) is 0 Å². The minimum absolute atomic E-state index is 0.115. The van der Waals surface area contributed by atoms with Gasteiger partial charge in [0.1, 0.15) is 16.7 Å². The number of halogens is 3. The molecular weight excluding hydrogens is 306 g/mol. The van der Waals surface area contributed by atoms with E-state index in [2.05, 4.69) is 6.92 Å². The molecule has 1 heterocycles. The molecule has 1 aliphatic heterocycles. The number of hydrogen-bond donors (Lipinski definition) is 0. The standard InChI is InChI=1S/C18H17ClF2O/c1-11-2-7-17(22-10-11)13-5-3-12(4-6-13)14-8-15(20)18(19)16(21)9-14/h3-6,8-9,11,17H,2,7,10H2,1H3. The Labute approximate surface area is 133 Å². The molecule has 0 radical (unpaired) electrons. The van der Waals surface area contributed by atoms with E-state index >= 15 is 0 Å². The first-order valence-electron chi connectivity index (χ1n) is 7.41. The zero-order valence-electron chi connectivity index (χ0n) is 12.3. The van der Waals surface area contributed by atoms with Crippen molar-refractivity contribution in [1.29, 1.82) is 0 Å². The van der Waals surface area contributed by atoms with Crippen LogP contribution in [0.5, 0.6) is 0 Å². The van der Waals surface area contributed by atoms with Gasteiger partial charge in [-0.3, -0.25) is 0 Å². The van der Waals surface area contributed by atoms with Gasteiger partial charge in [0, 0.05) is 6.61 Å². The van der Waals surface area contributed by atoms with Crippen molar-refractivity contribution in [1.82, 2.24) is 0 Å². The van der Waals surface area contributed by atoms with E-state index in [1.54, 1.807) is 0 Å². The summed E-state index contributed by atoms with van der Waals surface area (Å²) in [6, 6.07) is 10.1. The van der Waals surface area contributed by atoms with E-state index in [9.17, 15) is 8.78 Å². The summed E-state index contributed by atoms with van der Waals surface area (Å²) >= 11 is 5.51. The van der Waals surface area contributed by atoms with Crippen LogP contribution in [-0.2, 0) is 4.74 Å². The number of hydrogen-bond acceptors (Lipinski definition) is 1. The average molecular weight is 323 g/mol. The van der Waals surface area contributed by atoms with E-state index in [4.69, 9.17) is 16.3 Å². The van der Waals surface area contributed by atoms with Crippen molar-refractivity contribution in [3.63, 3.8) is 0 Å². The number of benzene rings is 2. The van der Waals surface area contributed by atoms with Crippen LogP contribution in [0.2, 0.25) is 5.02 Å². The molecule has 1 fully saturated rings. The number of ether oxygens (including phenoxy) is 1. The Balaban J connectivity index is 1.82. The summed E-state index contributed by atoms with van der Waals surface area (Å²) in [5.41, 5.74) is 2.33. The van der Waals surface area contributed by atoms with E-state index in [-0.39, 0.29) is 6.10 Å². The molecule has 4 heteroatoms. The Morgan fingerprint density at radius 1 is 1.00 bits per heavy atom. The second-order valence-corrected chi connectivity index (χ2v) is 6.26. The smallest absolute Gasteiger partial charge is 0.145 e. The fourth-order valence-corrected chi connectivity index (χ4v) is 2.87.